The van der Waals surface area contributed by atoms with Crippen molar-refractivity contribution in [2.45, 2.75) is 25.0 Å². The summed E-state index contributed by atoms with van der Waals surface area (Å²) in [5.41, 5.74) is 1.62. The van der Waals surface area contributed by atoms with Crippen LogP contribution in [0.5, 0.6) is 5.75 Å². The Balaban J connectivity index is 1.70. The SMILES string of the molecule is BC(B)(B)NC(=O)c1nnc(NC(=O)C2CC2)cc1Nc1cccc(-c2ncc(C(=O)N(C)CC)s2)c1OC. The van der Waals surface area contributed by atoms with E-state index in [0.717, 1.165) is 12.8 Å². The van der Waals surface area contributed by atoms with Crippen molar-refractivity contribution < 1.29 is 19.1 Å². The highest BCUT2D eigenvalue weighted by Crippen LogP contribution is 2.40. The molecule has 1 aromatic carbocycles. The number of ether oxygens (including phenoxy) is 1. The maximum atomic E-state index is 13.1. The number of hydrogen-bond acceptors (Lipinski definition) is 9. The molecule has 0 bridgehead atoms. The van der Waals surface area contributed by atoms with Crippen molar-refractivity contribution in [3.05, 3.63) is 41.0 Å². The summed E-state index contributed by atoms with van der Waals surface area (Å²) in [6, 6.07) is 7.04. The summed E-state index contributed by atoms with van der Waals surface area (Å²) in [7, 11) is 8.88. The number of anilines is 3. The molecular weight excluding hydrogens is 515 g/mol. The third-order valence-corrected chi connectivity index (χ3v) is 6.97. The number of carbonyl (C=O) groups is 3. The van der Waals surface area contributed by atoms with Crippen LogP contribution in [0.15, 0.2) is 30.5 Å². The third-order valence-electron chi connectivity index (χ3n) is 5.95. The number of hydrogen-bond donors (Lipinski definition) is 3. The van der Waals surface area contributed by atoms with Crippen LogP contribution in [-0.2, 0) is 4.79 Å². The van der Waals surface area contributed by atoms with Gasteiger partial charge in [-0.3, -0.25) is 14.4 Å². The van der Waals surface area contributed by atoms with Crippen molar-refractivity contribution in [2.24, 2.45) is 5.92 Å². The van der Waals surface area contributed by atoms with Crippen LogP contribution in [0.3, 0.4) is 0 Å². The minimum absolute atomic E-state index is 0.0176. The lowest BCUT2D eigenvalue weighted by Gasteiger charge is -2.22. The smallest absolute Gasteiger partial charge is 0.272 e. The molecule has 0 atom stereocenters. The molecule has 1 aliphatic carbocycles. The fraction of sp³-hybridized carbons (Fsp3) is 0.333. The molecule has 1 saturated carbocycles. The second-order valence-corrected chi connectivity index (χ2v) is 11.4. The molecular formula is C24H30B3N7O4S. The van der Waals surface area contributed by atoms with E-state index in [-0.39, 0.29) is 29.2 Å². The average molecular weight is 545 g/mol. The summed E-state index contributed by atoms with van der Waals surface area (Å²) in [6.45, 7) is 2.49. The Morgan fingerprint density at radius 2 is 1.92 bits per heavy atom. The molecule has 2 aromatic heterocycles. The number of amides is 3. The van der Waals surface area contributed by atoms with Crippen molar-refractivity contribution in [1.29, 1.82) is 0 Å². The number of methoxy groups -OCH3 is 1. The lowest BCUT2D eigenvalue weighted by molar-refractivity contribution is -0.117. The molecule has 0 radical (unpaired) electrons. The zero-order valence-electron chi connectivity index (χ0n) is 22.9. The van der Waals surface area contributed by atoms with Gasteiger partial charge in [-0.05, 0) is 37.1 Å². The van der Waals surface area contributed by atoms with Gasteiger partial charge in [-0.1, -0.05) is 6.07 Å². The minimum atomic E-state index is -0.502. The van der Waals surface area contributed by atoms with Gasteiger partial charge in [0.1, 0.15) is 33.4 Å². The first-order valence-electron chi connectivity index (χ1n) is 12.7. The van der Waals surface area contributed by atoms with Crippen LogP contribution < -0.4 is 20.7 Å². The molecule has 2 heterocycles. The Labute approximate surface area is 233 Å². The van der Waals surface area contributed by atoms with Crippen molar-refractivity contribution in [1.82, 2.24) is 25.4 Å². The molecule has 3 amide bonds. The monoisotopic (exact) mass is 545 g/mol. The lowest BCUT2D eigenvalue weighted by atomic mass is 9.49. The van der Waals surface area contributed by atoms with E-state index in [1.807, 2.05) is 42.6 Å². The zero-order valence-corrected chi connectivity index (χ0v) is 23.7. The molecule has 1 fully saturated rings. The first kappa shape index (κ1) is 28.2. The summed E-state index contributed by atoms with van der Waals surface area (Å²) in [5, 5.41) is 17.2. The van der Waals surface area contributed by atoms with E-state index in [9.17, 15) is 14.4 Å². The van der Waals surface area contributed by atoms with Crippen molar-refractivity contribution in [3.63, 3.8) is 0 Å². The number of para-hydroxylation sites is 1. The Bertz CT molecular complexity index is 1410. The van der Waals surface area contributed by atoms with Crippen LogP contribution in [0.1, 0.15) is 39.9 Å². The Morgan fingerprint density at radius 1 is 1.18 bits per heavy atom. The minimum Gasteiger partial charge on any atom is -0.494 e. The van der Waals surface area contributed by atoms with Crippen LogP contribution in [0.2, 0.25) is 0 Å². The Hall–Kier alpha value is -3.87. The molecule has 0 spiro atoms. The average Bonchev–Trinajstić information content (AvgIpc) is 3.63. The maximum absolute atomic E-state index is 13.1. The fourth-order valence-corrected chi connectivity index (χ4v) is 4.62. The van der Waals surface area contributed by atoms with E-state index in [4.69, 9.17) is 4.74 Å². The Kier molecular flexibility index (Phi) is 8.29. The van der Waals surface area contributed by atoms with E-state index in [1.165, 1.54) is 18.4 Å². The van der Waals surface area contributed by atoms with Gasteiger partial charge >= 0.3 is 0 Å². The molecule has 3 N–H and O–H groups in total. The van der Waals surface area contributed by atoms with Gasteiger partial charge in [-0.2, -0.15) is 0 Å². The van der Waals surface area contributed by atoms with Gasteiger partial charge in [0, 0.05) is 25.6 Å². The van der Waals surface area contributed by atoms with Gasteiger partial charge in [0.05, 0.1) is 30.2 Å². The van der Waals surface area contributed by atoms with Gasteiger partial charge < -0.3 is 25.6 Å². The lowest BCUT2D eigenvalue weighted by Crippen LogP contribution is -2.50. The predicted molar refractivity (Wildman–Crippen MR) is 159 cm³/mol. The molecule has 0 aliphatic heterocycles. The van der Waals surface area contributed by atoms with Crippen molar-refractivity contribution in [3.8, 4) is 16.3 Å². The van der Waals surface area contributed by atoms with E-state index >= 15 is 0 Å². The fourth-order valence-electron chi connectivity index (χ4n) is 3.69. The Morgan fingerprint density at radius 3 is 2.56 bits per heavy atom. The van der Waals surface area contributed by atoms with E-state index < -0.39 is 11.1 Å². The summed E-state index contributed by atoms with van der Waals surface area (Å²) in [6.07, 6.45) is 3.25. The normalized spacial score (nSPS) is 12.9. The molecule has 0 saturated heterocycles. The van der Waals surface area contributed by atoms with E-state index in [1.54, 1.807) is 30.3 Å². The number of carbonyl (C=O) groups excluding carboxylic acids is 3. The van der Waals surface area contributed by atoms with E-state index in [0.29, 0.717) is 39.1 Å². The molecule has 1 aliphatic rings. The first-order valence-corrected chi connectivity index (χ1v) is 13.5. The molecule has 4 rings (SSSR count). The standard InChI is InChI=1S/C24H30B3N7O4S/c1-4-34(2)23(37)16-11-28-22(39-16)13-6-5-7-14(19(13)38-3)29-15-10-17(30-20(35)12-8-9-12)32-33-18(15)21(36)31-24(25,26)27/h5-7,10-12H,4,8-9,25-27H2,1-3H3,(H,31,36)(H2,29,30,32,35). The quantitative estimate of drug-likeness (QED) is 0.304. The van der Waals surface area contributed by atoms with Crippen LogP contribution >= 0.6 is 11.3 Å². The second-order valence-electron chi connectivity index (χ2n) is 10.3. The number of nitrogens with one attached hydrogen (secondary N) is 3. The van der Waals surface area contributed by atoms with Gasteiger partial charge in [0.2, 0.25) is 5.91 Å². The third kappa shape index (κ3) is 6.77. The summed E-state index contributed by atoms with van der Waals surface area (Å²) < 4.78 is 5.76. The summed E-state index contributed by atoms with van der Waals surface area (Å²) in [4.78, 5) is 44.6. The summed E-state index contributed by atoms with van der Waals surface area (Å²) in [5.74, 6) is 0.0428. The topological polar surface area (TPSA) is 138 Å². The van der Waals surface area contributed by atoms with Crippen LogP contribution in [0.4, 0.5) is 17.2 Å². The highest BCUT2D eigenvalue weighted by molar-refractivity contribution is 7.17. The molecule has 39 heavy (non-hydrogen) atoms. The number of aromatic nitrogens is 3. The zero-order chi connectivity index (χ0) is 28.3. The highest BCUT2D eigenvalue weighted by atomic mass is 32.1. The van der Waals surface area contributed by atoms with Crippen molar-refractivity contribution >= 4 is 69.8 Å². The molecule has 11 nitrogen and oxygen atoms in total. The van der Waals surface area contributed by atoms with Gasteiger partial charge in [-0.25, -0.2) is 4.98 Å². The summed E-state index contributed by atoms with van der Waals surface area (Å²) >= 11 is 1.27. The number of benzene rings is 1. The molecule has 15 heteroatoms. The maximum Gasteiger partial charge on any atom is 0.272 e. The van der Waals surface area contributed by atoms with E-state index in [2.05, 4.69) is 31.1 Å². The number of rotatable bonds is 10. The van der Waals surface area contributed by atoms with Crippen molar-refractivity contribution in [2.75, 3.05) is 31.3 Å². The molecule has 3 aromatic rings. The predicted octanol–water partition coefficient (Wildman–Crippen LogP) is 0.0331. The molecule has 200 valence electrons. The second kappa shape index (κ2) is 11.5. The first-order chi connectivity index (χ1) is 18.5. The van der Waals surface area contributed by atoms with Crippen LogP contribution in [0, 0.1) is 5.92 Å². The number of thiazole rings is 1. The van der Waals surface area contributed by atoms with Crippen LogP contribution in [0.25, 0.3) is 10.6 Å². The van der Waals surface area contributed by atoms with Gasteiger partial charge in [0.25, 0.3) is 11.8 Å². The largest absolute Gasteiger partial charge is 0.494 e. The highest BCUT2D eigenvalue weighted by Gasteiger charge is 2.30. The van der Waals surface area contributed by atoms with Gasteiger partial charge in [-0.15, -0.1) is 21.5 Å². The number of nitrogens with zero attached hydrogens (tertiary/aromatic N) is 4. The molecule has 0 unspecified atom stereocenters. The van der Waals surface area contributed by atoms with Crippen LogP contribution in [-0.4, -0.2) is 87.3 Å². The van der Waals surface area contributed by atoms with Gasteiger partial charge in [0.15, 0.2) is 17.3 Å².